The maximum absolute atomic E-state index is 12.2. The molecule has 0 aliphatic carbocycles. The fourth-order valence-electron chi connectivity index (χ4n) is 2.90. The molecule has 1 aliphatic rings. The van der Waals surface area contributed by atoms with E-state index in [0.29, 0.717) is 18.6 Å². The molecule has 2 N–H and O–H groups in total. The van der Waals surface area contributed by atoms with Gasteiger partial charge in [-0.05, 0) is 30.9 Å². The number of amides is 1. The molecule has 1 unspecified atom stereocenters. The number of hydrogen-bond donors (Lipinski definition) is 2. The minimum absolute atomic E-state index is 0.00450. The number of hydrogen-bond acceptors (Lipinski definition) is 5. The molecule has 1 aromatic rings. The van der Waals surface area contributed by atoms with Crippen molar-refractivity contribution < 1.29 is 27.9 Å². The lowest BCUT2D eigenvalue weighted by Gasteiger charge is -2.22. The van der Waals surface area contributed by atoms with Crippen molar-refractivity contribution >= 4 is 21.7 Å². The second kappa shape index (κ2) is 8.33. The molecule has 138 valence electrons. The molecule has 8 heteroatoms. The smallest absolute Gasteiger partial charge is 0.308 e. The van der Waals surface area contributed by atoms with E-state index >= 15 is 0 Å². The first-order chi connectivity index (χ1) is 11.8. The molecular weight excluding hydrogens is 346 g/mol. The Bertz CT molecular complexity index is 716. The van der Waals surface area contributed by atoms with Crippen LogP contribution in [-0.2, 0) is 25.8 Å². The Morgan fingerprint density at radius 1 is 1.28 bits per heavy atom. The summed E-state index contributed by atoms with van der Waals surface area (Å²) in [7, 11) is -1.51. The third-order valence-corrected chi connectivity index (χ3v) is 6.17. The van der Waals surface area contributed by atoms with Gasteiger partial charge in [-0.25, -0.2) is 8.42 Å². The lowest BCUT2D eigenvalue weighted by molar-refractivity contribution is -0.141. The van der Waals surface area contributed by atoms with Crippen molar-refractivity contribution in [1.29, 1.82) is 0 Å². The highest BCUT2D eigenvalue weighted by atomic mass is 32.2. The van der Waals surface area contributed by atoms with Crippen LogP contribution >= 0.6 is 0 Å². The summed E-state index contributed by atoms with van der Waals surface area (Å²) in [6.07, 6.45) is 0.815. The highest BCUT2D eigenvalue weighted by molar-refractivity contribution is 7.91. The van der Waals surface area contributed by atoms with E-state index in [2.05, 4.69) is 5.32 Å². The molecule has 1 aromatic carbocycles. The molecule has 1 saturated heterocycles. The van der Waals surface area contributed by atoms with E-state index < -0.39 is 21.7 Å². The highest BCUT2D eigenvalue weighted by Crippen LogP contribution is 2.22. The first-order valence-corrected chi connectivity index (χ1v) is 9.97. The number of para-hydroxylation sites is 1. The molecule has 7 nitrogen and oxygen atoms in total. The Hall–Kier alpha value is -2.09. The third kappa shape index (κ3) is 5.45. The highest BCUT2D eigenvalue weighted by Gasteiger charge is 2.29. The van der Waals surface area contributed by atoms with E-state index in [4.69, 9.17) is 4.74 Å². The quantitative estimate of drug-likeness (QED) is 0.738. The van der Waals surface area contributed by atoms with Crippen LogP contribution in [0.4, 0.5) is 0 Å². The van der Waals surface area contributed by atoms with E-state index in [-0.39, 0.29) is 36.3 Å². The van der Waals surface area contributed by atoms with Gasteiger partial charge in [0, 0.05) is 12.5 Å². The fraction of sp³-hybridized carbons (Fsp3) is 0.529. The number of nitrogens with one attached hydrogen (secondary N) is 1. The fourth-order valence-corrected chi connectivity index (χ4v) is 4.40. The minimum atomic E-state index is -3.03. The Kier molecular flexibility index (Phi) is 6.41. The lowest BCUT2D eigenvalue weighted by Crippen LogP contribution is -2.40. The van der Waals surface area contributed by atoms with Crippen molar-refractivity contribution in [3.8, 4) is 5.75 Å². The maximum Gasteiger partial charge on any atom is 0.308 e. The van der Waals surface area contributed by atoms with Crippen molar-refractivity contribution in [2.24, 2.45) is 11.8 Å². The number of rotatable bonds is 7. The van der Waals surface area contributed by atoms with Crippen LogP contribution in [0.3, 0.4) is 0 Å². The number of sulfone groups is 1. The largest absolute Gasteiger partial charge is 0.496 e. The van der Waals surface area contributed by atoms with Crippen LogP contribution < -0.4 is 10.1 Å². The molecule has 1 atom stereocenters. The monoisotopic (exact) mass is 369 g/mol. The molecule has 0 radical (unpaired) electrons. The van der Waals surface area contributed by atoms with E-state index in [1.807, 2.05) is 0 Å². The number of carbonyl (C=O) groups excluding carboxylic acids is 1. The normalized spacial score (nSPS) is 18.3. The summed E-state index contributed by atoms with van der Waals surface area (Å²) < 4.78 is 28.1. The molecule has 1 amide bonds. The number of methoxy groups -OCH3 is 1. The predicted octanol–water partition coefficient (Wildman–Crippen LogP) is 0.879. The summed E-state index contributed by atoms with van der Waals surface area (Å²) in [5.74, 6) is -1.81. The van der Waals surface area contributed by atoms with Gasteiger partial charge in [-0.3, -0.25) is 9.59 Å². The average Bonchev–Trinajstić information content (AvgIpc) is 2.58. The van der Waals surface area contributed by atoms with Gasteiger partial charge in [0.15, 0.2) is 0 Å². The molecule has 1 heterocycles. The molecule has 2 rings (SSSR count). The number of ether oxygens (including phenoxy) is 1. The Balaban J connectivity index is 1.93. The molecule has 1 aliphatic heterocycles. The van der Waals surface area contributed by atoms with Crippen LogP contribution in [0.15, 0.2) is 24.3 Å². The molecule has 25 heavy (non-hydrogen) atoms. The van der Waals surface area contributed by atoms with Gasteiger partial charge in [-0.1, -0.05) is 18.2 Å². The summed E-state index contributed by atoms with van der Waals surface area (Å²) in [6, 6.07) is 7.16. The lowest BCUT2D eigenvalue weighted by atomic mass is 9.97. The standard InChI is InChI=1S/C17H23NO6S/c1-24-15-5-3-2-4-13(15)10-14(17(20)21)11-18-16(19)12-6-8-25(22,23)9-7-12/h2-5,12,14H,6-11H2,1H3,(H,18,19)(H,20,21). The minimum Gasteiger partial charge on any atom is -0.496 e. The van der Waals surface area contributed by atoms with Crippen molar-refractivity contribution in [2.75, 3.05) is 25.2 Å². The molecule has 0 bridgehead atoms. The topological polar surface area (TPSA) is 110 Å². The molecule has 1 fully saturated rings. The third-order valence-electron chi connectivity index (χ3n) is 4.46. The van der Waals surface area contributed by atoms with E-state index in [9.17, 15) is 23.1 Å². The molecule has 0 aromatic heterocycles. The van der Waals surface area contributed by atoms with E-state index in [1.165, 1.54) is 7.11 Å². The zero-order valence-electron chi connectivity index (χ0n) is 14.1. The van der Waals surface area contributed by atoms with Crippen molar-refractivity contribution in [1.82, 2.24) is 5.32 Å². The second-order valence-corrected chi connectivity index (χ2v) is 8.53. The molecule has 0 spiro atoms. The van der Waals surface area contributed by atoms with Gasteiger partial charge < -0.3 is 15.2 Å². The number of aliphatic carboxylic acids is 1. The Morgan fingerprint density at radius 2 is 1.92 bits per heavy atom. The SMILES string of the molecule is COc1ccccc1CC(CNC(=O)C1CCS(=O)(=O)CC1)C(=O)O. The van der Waals surface area contributed by atoms with Crippen molar-refractivity contribution in [2.45, 2.75) is 19.3 Å². The van der Waals surface area contributed by atoms with Crippen molar-refractivity contribution in [3.05, 3.63) is 29.8 Å². The van der Waals surface area contributed by atoms with Crippen LogP contribution in [0.1, 0.15) is 18.4 Å². The average molecular weight is 369 g/mol. The number of benzene rings is 1. The van der Waals surface area contributed by atoms with Crippen molar-refractivity contribution in [3.63, 3.8) is 0 Å². The molecule has 0 saturated carbocycles. The summed E-state index contributed by atoms with van der Waals surface area (Å²) in [4.78, 5) is 23.7. The van der Waals surface area contributed by atoms with Gasteiger partial charge in [-0.15, -0.1) is 0 Å². The Labute approximate surface area is 147 Å². The van der Waals surface area contributed by atoms with Gasteiger partial charge in [0.25, 0.3) is 0 Å². The van der Waals surface area contributed by atoms with Gasteiger partial charge in [-0.2, -0.15) is 0 Å². The van der Waals surface area contributed by atoms with E-state index in [1.54, 1.807) is 24.3 Å². The van der Waals surface area contributed by atoms with Crippen LogP contribution in [0.5, 0.6) is 5.75 Å². The number of carboxylic acids is 1. The zero-order valence-corrected chi connectivity index (χ0v) is 14.9. The zero-order chi connectivity index (χ0) is 18.4. The number of carbonyl (C=O) groups is 2. The van der Waals surface area contributed by atoms with Gasteiger partial charge in [0.05, 0.1) is 24.5 Å². The first kappa shape index (κ1) is 19.2. The van der Waals surface area contributed by atoms with Crippen LogP contribution in [0.2, 0.25) is 0 Å². The summed E-state index contributed by atoms with van der Waals surface area (Å²) >= 11 is 0. The van der Waals surface area contributed by atoms with Crippen LogP contribution in [0, 0.1) is 11.8 Å². The number of carboxylic acid groups (broad SMARTS) is 1. The first-order valence-electron chi connectivity index (χ1n) is 8.15. The Morgan fingerprint density at radius 3 is 2.52 bits per heavy atom. The van der Waals surface area contributed by atoms with Gasteiger partial charge in [0.2, 0.25) is 5.91 Å². The van der Waals surface area contributed by atoms with E-state index in [0.717, 1.165) is 5.56 Å². The summed E-state index contributed by atoms with van der Waals surface area (Å²) in [5, 5.41) is 12.1. The maximum atomic E-state index is 12.2. The summed E-state index contributed by atoms with van der Waals surface area (Å²) in [6.45, 7) is -0.00450. The molecular formula is C17H23NO6S. The summed E-state index contributed by atoms with van der Waals surface area (Å²) in [5.41, 5.74) is 0.760. The van der Waals surface area contributed by atoms with Crippen LogP contribution in [0.25, 0.3) is 0 Å². The van der Waals surface area contributed by atoms with Crippen LogP contribution in [-0.4, -0.2) is 50.6 Å². The second-order valence-electron chi connectivity index (χ2n) is 6.22. The van der Waals surface area contributed by atoms with Gasteiger partial charge >= 0.3 is 5.97 Å². The predicted molar refractivity (Wildman–Crippen MR) is 92.2 cm³/mol. The van der Waals surface area contributed by atoms with Gasteiger partial charge in [0.1, 0.15) is 15.6 Å².